The molecule has 0 bridgehead atoms. The number of piperidine rings is 1. The van der Waals surface area contributed by atoms with E-state index in [-0.39, 0.29) is 0 Å². The molecule has 112 valence electrons. The highest BCUT2D eigenvalue weighted by Crippen LogP contribution is 2.29. The third-order valence-corrected chi connectivity index (χ3v) is 6.19. The maximum Gasteiger partial charge on any atom is 0.244 e. The second-order valence-electron chi connectivity index (χ2n) is 5.60. The van der Waals surface area contributed by atoms with Gasteiger partial charge in [-0.25, -0.2) is 13.2 Å². The Morgan fingerprint density at radius 2 is 1.95 bits per heavy atom. The summed E-state index contributed by atoms with van der Waals surface area (Å²) >= 11 is 0. The predicted octanol–water partition coefficient (Wildman–Crippen LogP) is 2.01. The van der Waals surface area contributed by atoms with Gasteiger partial charge in [-0.2, -0.15) is 9.30 Å². The zero-order chi connectivity index (χ0) is 14.9. The van der Waals surface area contributed by atoms with E-state index in [1.165, 1.54) is 15.9 Å². The Bertz CT molecular complexity index is 693. The molecule has 1 aliphatic heterocycles. The van der Waals surface area contributed by atoms with E-state index in [0.29, 0.717) is 17.9 Å². The summed E-state index contributed by atoms with van der Waals surface area (Å²) in [5.41, 5.74) is 2.37. The van der Waals surface area contributed by atoms with Crippen LogP contribution in [0.1, 0.15) is 36.8 Å². The number of nitrogens with zero attached hydrogens (tertiary/aromatic N) is 2. The Balaban J connectivity index is 1.97. The van der Waals surface area contributed by atoms with Crippen molar-refractivity contribution in [1.29, 1.82) is 0 Å². The van der Waals surface area contributed by atoms with Crippen LogP contribution in [0.15, 0.2) is 28.1 Å². The lowest BCUT2D eigenvalue weighted by molar-refractivity contribution is 0.259. The molecule has 6 heteroatoms. The van der Waals surface area contributed by atoms with Crippen LogP contribution in [0.4, 0.5) is 0 Å². The number of isocyanates is 1. The van der Waals surface area contributed by atoms with Crippen LogP contribution < -0.4 is 0 Å². The molecule has 3 rings (SSSR count). The van der Waals surface area contributed by atoms with Crippen molar-refractivity contribution in [2.45, 2.75) is 49.6 Å². The number of hydrogen-bond acceptors (Lipinski definition) is 4. The molecule has 0 spiro atoms. The number of fused-ring (bicyclic) bond motifs is 1. The third kappa shape index (κ3) is 2.67. The highest BCUT2D eigenvalue weighted by Gasteiger charge is 2.34. The molecule has 1 heterocycles. The van der Waals surface area contributed by atoms with Crippen LogP contribution in [0.25, 0.3) is 0 Å². The van der Waals surface area contributed by atoms with Crippen molar-refractivity contribution in [3.63, 3.8) is 0 Å². The summed E-state index contributed by atoms with van der Waals surface area (Å²) in [5, 5.41) is 0. The Morgan fingerprint density at radius 1 is 1.14 bits per heavy atom. The average molecular weight is 306 g/mol. The van der Waals surface area contributed by atoms with Gasteiger partial charge < -0.3 is 0 Å². The first-order valence-corrected chi connectivity index (χ1v) is 8.77. The summed E-state index contributed by atoms with van der Waals surface area (Å²) in [6.45, 7) is 0.412. The molecule has 1 fully saturated rings. The average Bonchev–Trinajstić information content (AvgIpc) is 2.95. The molecule has 21 heavy (non-hydrogen) atoms. The van der Waals surface area contributed by atoms with Crippen molar-refractivity contribution in [2.24, 2.45) is 4.99 Å². The summed E-state index contributed by atoms with van der Waals surface area (Å²) in [6.07, 6.45) is 6.21. The van der Waals surface area contributed by atoms with Gasteiger partial charge in [0.2, 0.25) is 16.1 Å². The van der Waals surface area contributed by atoms with Gasteiger partial charge in [0.25, 0.3) is 0 Å². The molecular formula is C15H18N2O3S. The van der Waals surface area contributed by atoms with E-state index in [2.05, 4.69) is 4.99 Å². The lowest BCUT2D eigenvalue weighted by Crippen LogP contribution is -2.42. The fraction of sp³-hybridized carbons (Fsp3) is 0.533. The van der Waals surface area contributed by atoms with E-state index in [1.54, 1.807) is 12.1 Å². The summed E-state index contributed by atoms with van der Waals surface area (Å²) in [5.74, 6) is 0. The number of carbonyl (C=O) groups excluding carboxylic acids is 1. The van der Waals surface area contributed by atoms with Gasteiger partial charge in [0.1, 0.15) is 6.17 Å². The molecule has 1 aromatic rings. The minimum absolute atomic E-state index is 0.316. The van der Waals surface area contributed by atoms with Gasteiger partial charge >= 0.3 is 0 Å². The van der Waals surface area contributed by atoms with E-state index in [0.717, 1.165) is 37.7 Å². The number of aliphatic imine (C=N–C) groups is 1. The predicted molar refractivity (Wildman–Crippen MR) is 78.1 cm³/mol. The topological polar surface area (TPSA) is 66.8 Å². The molecular weight excluding hydrogens is 288 g/mol. The van der Waals surface area contributed by atoms with Gasteiger partial charge in [0.05, 0.1) is 4.90 Å². The highest BCUT2D eigenvalue weighted by molar-refractivity contribution is 7.89. The van der Waals surface area contributed by atoms with Gasteiger partial charge in [0.15, 0.2) is 0 Å². The zero-order valence-electron chi connectivity index (χ0n) is 11.8. The first-order valence-electron chi connectivity index (χ1n) is 7.33. The van der Waals surface area contributed by atoms with Crippen molar-refractivity contribution >= 4 is 16.1 Å². The van der Waals surface area contributed by atoms with Crippen molar-refractivity contribution in [3.8, 4) is 0 Å². The normalized spacial score (nSPS) is 22.6. The Kier molecular flexibility index (Phi) is 3.93. The molecule has 5 nitrogen and oxygen atoms in total. The van der Waals surface area contributed by atoms with Crippen molar-refractivity contribution < 1.29 is 13.2 Å². The van der Waals surface area contributed by atoms with E-state index in [4.69, 9.17) is 0 Å². The molecule has 1 atom stereocenters. The Morgan fingerprint density at radius 3 is 2.76 bits per heavy atom. The van der Waals surface area contributed by atoms with Crippen LogP contribution in [0, 0.1) is 0 Å². The largest absolute Gasteiger partial charge is 0.244 e. The van der Waals surface area contributed by atoms with Gasteiger partial charge in [-0.05, 0) is 61.8 Å². The van der Waals surface area contributed by atoms with Gasteiger partial charge in [0, 0.05) is 6.54 Å². The minimum atomic E-state index is -3.59. The number of aryl methyl sites for hydroxylation is 2. The number of benzene rings is 1. The van der Waals surface area contributed by atoms with Crippen molar-refractivity contribution in [1.82, 2.24) is 4.31 Å². The van der Waals surface area contributed by atoms with Gasteiger partial charge in [-0.15, -0.1) is 0 Å². The monoisotopic (exact) mass is 306 g/mol. The summed E-state index contributed by atoms with van der Waals surface area (Å²) in [6, 6.07) is 5.38. The van der Waals surface area contributed by atoms with Crippen LogP contribution in [0.3, 0.4) is 0 Å². The standard InChI is InChI=1S/C15H18N2O3S/c18-11-16-15-6-1-2-9-17(15)21(19,20)14-8-7-12-4-3-5-13(12)10-14/h7-8,10,15H,1-6,9H2. The quantitative estimate of drug-likeness (QED) is 0.634. The number of hydrogen-bond donors (Lipinski definition) is 0. The SMILES string of the molecule is O=C=NC1CCCCN1S(=O)(=O)c1ccc2c(c1)CCC2. The third-order valence-electron chi connectivity index (χ3n) is 4.30. The molecule has 2 aliphatic rings. The van der Waals surface area contributed by atoms with Gasteiger partial charge in [-0.1, -0.05) is 6.07 Å². The van der Waals surface area contributed by atoms with E-state index in [9.17, 15) is 13.2 Å². The van der Waals surface area contributed by atoms with Crippen molar-refractivity contribution in [3.05, 3.63) is 29.3 Å². The zero-order valence-corrected chi connectivity index (χ0v) is 12.6. The second-order valence-corrected chi connectivity index (χ2v) is 7.49. The molecule has 0 aromatic heterocycles. The van der Waals surface area contributed by atoms with Gasteiger partial charge in [-0.3, -0.25) is 0 Å². The molecule has 0 saturated carbocycles. The summed E-state index contributed by atoms with van der Waals surface area (Å²) in [4.78, 5) is 14.5. The number of rotatable bonds is 3. The van der Waals surface area contributed by atoms with Crippen LogP contribution in [-0.4, -0.2) is 31.5 Å². The van der Waals surface area contributed by atoms with Crippen LogP contribution in [-0.2, 0) is 27.7 Å². The minimum Gasteiger partial charge on any atom is -0.211 e. The first-order chi connectivity index (χ1) is 10.1. The molecule has 1 saturated heterocycles. The van der Waals surface area contributed by atoms with Crippen molar-refractivity contribution in [2.75, 3.05) is 6.54 Å². The Hall–Kier alpha value is -1.49. The van der Waals surface area contributed by atoms with E-state index in [1.807, 2.05) is 6.07 Å². The molecule has 0 amide bonds. The fourth-order valence-corrected chi connectivity index (χ4v) is 4.85. The maximum atomic E-state index is 12.8. The Labute approximate surface area is 124 Å². The number of sulfonamides is 1. The molecule has 0 radical (unpaired) electrons. The summed E-state index contributed by atoms with van der Waals surface area (Å²) < 4.78 is 27.0. The van der Waals surface area contributed by atoms with Crippen LogP contribution in [0.5, 0.6) is 0 Å². The lowest BCUT2D eigenvalue weighted by atomic mass is 10.1. The molecule has 1 aliphatic carbocycles. The van der Waals surface area contributed by atoms with Crippen LogP contribution >= 0.6 is 0 Å². The van der Waals surface area contributed by atoms with E-state index >= 15 is 0 Å². The molecule has 1 unspecified atom stereocenters. The maximum absolute atomic E-state index is 12.8. The highest BCUT2D eigenvalue weighted by atomic mass is 32.2. The fourth-order valence-electron chi connectivity index (χ4n) is 3.20. The first kappa shape index (κ1) is 14.4. The lowest BCUT2D eigenvalue weighted by Gasteiger charge is -2.31. The second kappa shape index (κ2) is 5.72. The van der Waals surface area contributed by atoms with E-state index < -0.39 is 16.2 Å². The van der Waals surface area contributed by atoms with Crippen LogP contribution in [0.2, 0.25) is 0 Å². The molecule has 0 N–H and O–H groups in total. The summed E-state index contributed by atoms with van der Waals surface area (Å²) in [7, 11) is -3.59. The smallest absolute Gasteiger partial charge is 0.211 e. The molecule has 1 aromatic carbocycles.